The zero-order valence-electron chi connectivity index (χ0n) is 30.8. The van der Waals surface area contributed by atoms with Gasteiger partial charge in [-0.15, -0.1) is 0 Å². The molecule has 55 heavy (non-hydrogen) atoms. The average Bonchev–Trinajstić information content (AvgIpc) is 3.61. The van der Waals surface area contributed by atoms with Crippen LogP contribution in [0.15, 0.2) is 206 Å². The molecule has 0 aliphatic heterocycles. The fourth-order valence-corrected chi connectivity index (χ4v) is 7.51. The Balaban J connectivity index is 1.18. The Bertz CT molecular complexity index is 2980. The summed E-state index contributed by atoms with van der Waals surface area (Å²) < 4.78 is 11.8. The molecule has 0 bridgehead atoms. The van der Waals surface area contributed by atoms with Gasteiger partial charge in [0.1, 0.15) is 0 Å². The van der Waals surface area contributed by atoms with Crippen molar-refractivity contribution >= 4 is 21.8 Å². The van der Waals surface area contributed by atoms with Gasteiger partial charge in [0.25, 0.3) is 0 Å². The number of hydrogen-bond acceptors (Lipinski definition) is 3. The summed E-state index contributed by atoms with van der Waals surface area (Å²) in [6.45, 7) is 0. The Morgan fingerprint density at radius 2 is 0.745 bits per heavy atom. The van der Waals surface area contributed by atoms with Gasteiger partial charge in [-0.25, -0.2) is 15.0 Å². The van der Waals surface area contributed by atoms with Crippen molar-refractivity contribution in [3.63, 3.8) is 0 Å². The summed E-state index contributed by atoms with van der Waals surface area (Å²) in [6, 6.07) is 69.0. The second-order valence-corrected chi connectivity index (χ2v) is 13.6. The monoisotopic (exact) mass is 703 g/mol. The highest BCUT2D eigenvalue weighted by molar-refractivity contribution is 6.09. The van der Waals surface area contributed by atoms with E-state index in [0.29, 0.717) is 29.1 Å². The third kappa shape index (κ3) is 6.06. The Kier molecular flexibility index (Phi) is 7.84. The molecule has 0 aliphatic rings. The third-order valence-corrected chi connectivity index (χ3v) is 10.2. The number of para-hydroxylation sites is 2. The number of hydrogen-bond donors (Lipinski definition) is 0. The van der Waals surface area contributed by atoms with E-state index in [-0.39, 0.29) is 0 Å². The first-order valence-electron chi connectivity index (χ1n) is 18.9. The molecule has 0 unspecified atom stereocenters. The van der Waals surface area contributed by atoms with Gasteiger partial charge in [0.15, 0.2) is 17.5 Å². The number of fused-ring (bicyclic) bond motifs is 3. The van der Waals surface area contributed by atoms with E-state index in [1.165, 1.54) is 16.3 Å². The Hall–Kier alpha value is -7.43. The summed E-state index contributed by atoms with van der Waals surface area (Å²) in [4.78, 5) is 15.3. The summed E-state index contributed by atoms with van der Waals surface area (Å²) in [7, 11) is 0. The lowest BCUT2D eigenvalue weighted by atomic mass is 9.98. The molecule has 10 aromatic rings. The lowest BCUT2D eigenvalue weighted by Gasteiger charge is -2.16. The molecule has 0 saturated heterocycles. The second-order valence-electron chi connectivity index (χ2n) is 13.6. The molecular weight excluding hydrogens is 669 g/mol. The highest BCUT2D eigenvalue weighted by Gasteiger charge is 2.19. The topological polar surface area (TPSA) is 43.6 Å². The first-order valence-corrected chi connectivity index (χ1v) is 18.4. The Morgan fingerprint density at radius 3 is 1.35 bits per heavy atom. The summed E-state index contributed by atoms with van der Waals surface area (Å²) in [5.74, 6) is 1.53. The summed E-state index contributed by atoms with van der Waals surface area (Å²) in [5.41, 5.74) is 11.9. The molecule has 0 N–H and O–H groups in total. The molecule has 0 aliphatic carbocycles. The van der Waals surface area contributed by atoms with Crippen molar-refractivity contribution in [1.82, 2.24) is 19.5 Å². The van der Waals surface area contributed by atoms with Gasteiger partial charge in [0.2, 0.25) is 0 Å². The van der Waals surface area contributed by atoms with Crippen LogP contribution < -0.4 is 0 Å². The Morgan fingerprint density at radius 1 is 0.327 bits per heavy atom. The van der Waals surface area contributed by atoms with Crippen LogP contribution in [0, 0.1) is 0 Å². The fourth-order valence-electron chi connectivity index (χ4n) is 7.51. The van der Waals surface area contributed by atoms with Crippen molar-refractivity contribution in [1.29, 1.82) is 0 Å². The largest absolute Gasteiger partial charge is 0.309 e. The van der Waals surface area contributed by atoms with Crippen LogP contribution in [0.2, 0.25) is 0 Å². The highest BCUT2D eigenvalue weighted by atomic mass is 15.0. The van der Waals surface area contributed by atoms with Crippen LogP contribution in [0.1, 0.15) is 1.37 Å². The number of aromatic nitrogens is 4. The van der Waals surface area contributed by atoms with Crippen molar-refractivity contribution in [2.45, 2.75) is 0 Å². The lowest BCUT2D eigenvalue weighted by molar-refractivity contribution is 1.07. The van der Waals surface area contributed by atoms with E-state index in [1.54, 1.807) is 0 Å². The predicted octanol–water partition coefficient (Wildman–Crippen LogP) is 13.0. The maximum atomic E-state index is 9.52. The minimum atomic E-state index is 0.330. The SMILES string of the molecule is [2H]c1cc(-c2ccccc2)c(-n2c3ccccc3c3ccccc32)cc1-c1nc(-c2ccccc2)nc(-c2cccc(-c3cccc(-c4ccccc4)c3)c2)n1. The lowest BCUT2D eigenvalue weighted by Crippen LogP contribution is -2.02. The normalized spacial score (nSPS) is 11.5. The number of nitrogens with zero attached hydrogens (tertiary/aromatic N) is 4. The summed E-state index contributed by atoms with van der Waals surface area (Å²) in [5, 5.41) is 2.34. The van der Waals surface area contributed by atoms with E-state index in [0.717, 1.165) is 55.7 Å². The van der Waals surface area contributed by atoms with E-state index >= 15 is 0 Å². The van der Waals surface area contributed by atoms with E-state index in [1.807, 2.05) is 66.7 Å². The number of benzene rings is 8. The highest BCUT2D eigenvalue weighted by Crippen LogP contribution is 2.38. The van der Waals surface area contributed by atoms with Gasteiger partial charge in [-0.1, -0.05) is 176 Å². The molecule has 0 fully saturated rings. The summed E-state index contributed by atoms with van der Waals surface area (Å²) >= 11 is 0. The predicted molar refractivity (Wildman–Crippen MR) is 227 cm³/mol. The van der Waals surface area contributed by atoms with Crippen LogP contribution in [-0.4, -0.2) is 19.5 Å². The molecule has 2 aromatic heterocycles. The van der Waals surface area contributed by atoms with Crippen LogP contribution in [0.3, 0.4) is 0 Å². The molecule has 0 spiro atoms. The van der Waals surface area contributed by atoms with E-state index in [4.69, 9.17) is 15.0 Å². The first kappa shape index (κ1) is 31.1. The van der Waals surface area contributed by atoms with Gasteiger partial charge in [-0.2, -0.15) is 0 Å². The van der Waals surface area contributed by atoms with Gasteiger partial charge in [-0.3, -0.25) is 0 Å². The van der Waals surface area contributed by atoms with Crippen molar-refractivity contribution in [3.8, 4) is 73.2 Å². The second kappa shape index (κ2) is 13.8. The molecule has 0 radical (unpaired) electrons. The Labute approximate surface area is 321 Å². The summed E-state index contributed by atoms with van der Waals surface area (Å²) in [6.07, 6.45) is 0. The zero-order chi connectivity index (χ0) is 37.4. The van der Waals surface area contributed by atoms with E-state index < -0.39 is 0 Å². The van der Waals surface area contributed by atoms with Gasteiger partial charge >= 0.3 is 0 Å². The smallest absolute Gasteiger partial charge is 0.164 e. The quantitative estimate of drug-likeness (QED) is 0.166. The molecular formula is C51H34N4. The van der Waals surface area contributed by atoms with E-state index in [9.17, 15) is 1.37 Å². The van der Waals surface area contributed by atoms with Crippen LogP contribution in [0.4, 0.5) is 0 Å². The number of rotatable bonds is 7. The van der Waals surface area contributed by atoms with Gasteiger partial charge in [0, 0.05) is 33.0 Å². The van der Waals surface area contributed by atoms with Crippen LogP contribution in [0.25, 0.3) is 95.0 Å². The third-order valence-electron chi connectivity index (χ3n) is 10.2. The van der Waals surface area contributed by atoms with Crippen molar-refractivity contribution < 1.29 is 1.37 Å². The standard InChI is InChI=1S/C51H34N4/c1-4-16-35(17-5-1)38-22-14-23-39(32-38)40-24-15-25-41(33-40)50-52-49(37-20-8-3-9-21-37)53-51(54-50)42-30-31-43(36-18-6-2-7-19-36)48(34-42)55-46-28-12-10-26-44(46)45-27-11-13-29-47(45)55/h1-34H/i30D. The van der Waals surface area contributed by atoms with Crippen molar-refractivity contribution in [2.75, 3.05) is 0 Å². The molecule has 10 rings (SSSR count). The van der Waals surface area contributed by atoms with Crippen LogP contribution in [0.5, 0.6) is 0 Å². The zero-order valence-corrected chi connectivity index (χ0v) is 29.8. The molecule has 258 valence electrons. The molecule has 4 heteroatoms. The molecule has 8 aromatic carbocycles. The fraction of sp³-hybridized carbons (Fsp3) is 0. The maximum Gasteiger partial charge on any atom is 0.164 e. The average molecular weight is 704 g/mol. The van der Waals surface area contributed by atoms with Gasteiger partial charge in [-0.05, 0) is 58.1 Å². The van der Waals surface area contributed by atoms with E-state index in [2.05, 4.69) is 138 Å². The van der Waals surface area contributed by atoms with Crippen LogP contribution in [-0.2, 0) is 0 Å². The van der Waals surface area contributed by atoms with Gasteiger partial charge in [0.05, 0.1) is 18.1 Å². The minimum Gasteiger partial charge on any atom is -0.309 e. The van der Waals surface area contributed by atoms with Gasteiger partial charge < -0.3 is 4.57 Å². The first-order chi connectivity index (χ1) is 27.7. The minimum absolute atomic E-state index is 0.330. The molecule has 2 heterocycles. The molecule has 0 amide bonds. The molecule has 0 atom stereocenters. The van der Waals surface area contributed by atoms with Crippen molar-refractivity contribution in [3.05, 3.63) is 206 Å². The molecule has 4 nitrogen and oxygen atoms in total. The molecule has 0 saturated carbocycles. The maximum absolute atomic E-state index is 9.52. The van der Waals surface area contributed by atoms with Crippen LogP contribution >= 0.6 is 0 Å². The van der Waals surface area contributed by atoms with Crippen molar-refractivity contribution in [2.24, 2.45) is 0 Å².